The Morgan fingerprint density at radius 3 is 2.76 bits per heavy atom. The summed E-state index contributed by atoms with van der Waals surface area (Å²) in [6, 6.07) is 12.4. The number of halogens is 2. The first-order chi connectivity index (χ1) is 10.1. The molecule has 0 aliphatic carbocycles. The summed E-state index contributed by atoms with van der Waals surface area (Å²) in [6.07, 6.45) is 0.623. The fourth-order valence-corrected chi connectivity index (χ4v) is 2.53. The van der Waals surface area contributed by atoms with Crippen molar-refractivity contribution < 1.29 is 9.13 Å². The molecule has 0 aliphatic rings. The van der Waals surface area contributed by atoms with Crippen molar-refractivity contribution in [3.8, 4) is 5.75 Å². The summed E-state index contributed by atoms with van der Waals surface area (Å²) in [4.78, 5) is 0. The van der Waals surface area contributed by atoms with E-state index in [4.69, 9.17) is 16.3 Å². The standard InChI is InChI=1S/C17H19ClFNO/c1-3-20-17(12-5-4-6-15(10-12)21-2)11-13-9-14(19)7-8-16(13)18/h4-10,17,20H,3,11H2,1-2H3. The number of methoxy groups -OCH3 is 1. The van der Waals surface area contributed by atoms with E-state index in [1.807, 2.05) is 31.2 Å². The first kappa shape index (κ1) is 15.8. The maximum atomic E-state index is 13.4. The zero-order valence-corrected chi connectivity index (χ0v) is 13.0. The van der Waals surface area contributed by atoms with Gasteiger partial charge in [0, 0.05) is 11.1 Å². The van der Waals surface area contributed by atoms with Crippen molar-refractivity contribution in [2.75, 3.05) is 13.7 Å². The first-order valence-electron chi connectivity index (χ1n) is 6.95. The van der Waals surface area contributed by atoms with Gasteiger partial charge in [-0.05, 0) is 54.4 Å². The zero-order chi connectivity index (χ0) is 15.2. The molecule has 0 spiro atoms. The van der Waals surface area contributed by atoms with E-state index in [0.717, 1.165) is 23.4 Å². The molecule has 0 fully saturated rings. The van der Waals surface area contributed by atoms with E-state index >= 15 is 0 Å². The lowest BCUT2D eigenvalue weighted by Gasteiger charge is -2.20. The third kappa shape index (κ3) is 4.19. The van der Waals surface area contributed by atoms with Gasteiger partial charge in [0.05, 0.1) is 7.11 Å². The molecule has 0 saturated heterocycles. The molecule has 2 aromatic rings. The lowest BCUT2D eigenvalue weighted by atomic mass is 9.98. The highest BCUT2D eigenvalue weighted by molar-refractivity contribution is 6.31. The average molecular weight is 308 g/mol. The zero-order valence-electron chi connectivity index (χ0n) is 12.2. The van der Waals surface area contributed by atoms with Crippen LogP contribution < -0.4 is 10.1 Å². The van der Waals surface area contributed by atoms with Gasteiger partial charge in [-0.1, -0.05) is 30.7 Å². The molecule has 0 aromatic heterocycles. The molecule has 0 aliphatic heterocycles. The van der Waals surface area contributed by atoms with Gasteiger partial charge in [0.15, 0.2) is 0 Å². The minimum absolute atomic E-state index is 0.0596. The number of rotatable bonds is 6. The summed E-state index contributed by atoms with van der Waals surface area (Å²) in [7, 11) is 1.64. The smallest absolute Gasteiger partial charge is 0.123 e. The molecule has 1 unspecified atom stereocenters. The van der Waals surface area contributed by atoms with E-state index in [9.17, 15) is 4.39 Å². The van der Waals surface area contributed by atoms with Crippen LogP contribution in [0.15, 0.2) is 42.5 Å². The molecule has 2 nitrogen and oxygen atoms in total. The van der Waals surface area contributed by atoms with Gasteiger partial charge < -0.3 is 10.1 Å². The van der Waals surface area contributed by atoms with Crippen LogP contribution >= 0.6 is 11.6 Å². The molecule has 1 N–H and O–H groups in total. The Balaban J connectivity index is 2.28. The van der Waals surface area contributed by atoms with Crippen molar-refractivity contribution >= 4 is 11.6 Å². The number of nitrogens with one attached hydrogen (secondary N) is 1. The van der Waals surface area contributed by atoms with Crippen molar-refractivity contribution in [1.29, 1.82) is 0 Å². The Morgan fingerprint density at radius 1 is 1.24 bits per heavy atom. The van der Waals surface area contributed by atoms with Crippen molar-refractivity contribution in [2.45, 2.75) is 19.4 Å². The van der Waals surface area contributed by atoms with Crippen LogP contribution in [0, 0.1) is 5.82 Å². The summed E-state index contributed by atoms with van der Waals surface area (Å²) in [5.74, 6) is 0.538. The van der Waals surface area contributed by atoms with Gasteiger partial charge in [0.2, 0.25) is 0 Å². The van der Waals surface area contributed by atoms with Crippen molar-refractivity contribution in [3.63, 3.8) is 0 Å². The van der Waals surface area contributed by atoms with E-state index in [0.29, 0.717) is 11.4 Å². The molecule has 1 atom stereocenters. The Labute approximate surface area is 129 Å². The van der Waals surface area contributed by atoms with Crippen LogP contribution in [0.5, 0.6) is 5.75 Å². The van der Waals surface area contributed by atoms with Crippen molar-refractivity contribution in [1.82, 2.24) is 5.32 Å². The van der Waals surface area contributed by atoms with Gasteiger partial charge in [0.1, 0.15) is 11.6 Å². The quantitative estimate of drug-likeness (QED) is 0.855. The molecule has 21 heavy (non-hydrogen) atoms. The Morgan fingerprint density at radius 2 is 2.05 bits per heavy atom. The van der Waals surface area contributed by atoms with Gasteiger partial charge in [-0.25, -0.2) is 4.39 Å². The van der Waals surface area contributed by atoms with Crippen LogP contribution in [0.2, 0.25) is 5.02 Å². The van der Waals surface area contributed by atoms with Crippen molar-refractivity contribution in [3.05, 3.63) is 64.4 Å². The predicted octanol–water partition coefficient (Wildman–Crippen LogP) is 4.38. The molecule has 0 radical (unpaired) electrons. The van der Waals surface area contributed by atoms with E-state index in [-0.39, 0.29) is 11.9 Å². The normalized spacial score (nSPS) is 12.2. The molecular formula is C17H19ClFNO. The number of hydrogen-bond donors (Lipinski definition) is 1. The van der Waals surface area contributed by atoms with Crippen LogP contribution in [0.1, 0.15) is 24.1 Å². The Bertz CT molecular complexity index is 603. The van der Waals surface area contributed by atoms with Crippen LogP contribution in [0.4, 0.5) is 4.39 Å². The number of likely N-dealkylation sites (N-methyl/N-ethyl adjacent to an activating group) is 1. The molecule has 0 saturated carbocycles. The fraction of sp³-hybridized carbons (Fsp3) is 0.294. The van der Waals surface area contributed by atoms with Crippen LogP contribution in [-0.4, -0.2) is 13.7 Å². The van der Waals surface area contributed by atoms with E-state index in [1.54, 1.807) is 13.2 Å². The molecule has 0 heterocycles. The highest BCUT2D eigenvalue weighted by Crippen LogP contribution is 2.26. The first-order valence-corrected chi connectivity index (χ1v) is 7.33. The van der Waals surface area contributed by atoms with E-state index in [2.05, 4.69) is 5.32 Å². The second kappa shape index (κ2) is 7.43. The molecular weight excluding hydrogens is 289 g/mol. The maximum Gasteiger partial charge on any atom is 0.123 e. The van der Waals surface area contributed by atoms with Crippen LogP contribution in [-0.2, 0) is 6.42 Å². The number of hydrogen-bond acceptors (Lipinski definition) is 2. The van der Waals surface area contributed by atoms with Crippen molar-refractivity contribution in [2.24, 2.45) is 0 Å². The highest BCUT2D eigenvalue weighted by Gasteiger charge is 2.14. The summed E-state index contributed by atoms with van der Waals surface area (Å²) in [6.45, 7) is 2.86. The largest absolute Gasteiger partial charge is 0.497 e. The Kier molecular flexibility index (Phi) is 5.59. The highest BCUT2D eigenvalue weighted by atomic mass is 35.5. The van der Waals surface area contributed by atoms with Gasteiger partial charge in [-0.2, -0.15) is 0 Å². The summed E-state index contributed by atoms with van der Waals surface area (Å²) in [5.41, 5.74) is 1.89. The summed E-state index contributed by atoms with van der Waals surface area (Å²) < 4.78 is 18.7. The lowest BCUT2D eigenvalue weighted by molar-refractivity contribution is 0.413. The molecule has 2 aromatic carbocycles. The molecule has 0 amide bonds. The predicted molar refractivity (Wildman–Crippen MR) is 84.5 cm³/mol. The van der Waals surface area contributed by atoms with Gasteiger partial charge in [0.25, 0.3) is 0 Å². The van der Waals surface area contributed by atoms with Gasteiger partial charge in [-0.3, -0.25) is 0 Å². The molecule has 4 heteroatoms. The second-order valence-corrected chi connectivity index (χ2v) is 5.23. The Hall–Kier alpha value is -1.58. The summed E-state index contributed by atoms with van der Waals surface area (Å²) in [5, 5.41) is 3.99. The fourth-order valence-electron chi connectivity index (χ4n) is 2.33. The lowest BCUT2D eigenvalue weighted by Crippen LogP contribution is -2.23. The third-order valence-corrected chi connectivity index (χ3v) is 3.75. The minimum Gasteiger partial charge on any atom is -0.497 e. The SMILES string of the molecule is CCNC(Cc1cc(F)ccc1Cl)c1cccc(OC)c1. The third-order valence-electron chi connectivity index (χ3n) is 3.38. The van der Waals surface area contributed by atoms with Gasteiger partial charge in [-0.15, -0.1) is 0 Å². The second-order valence-electron chi connectivity index (χ2n) is 4.83. The topological polar surface area (TPSA) is 21.3 Å². The van der Waals surface area contributed by atoms with E-state index in [1.165, 1.54) is 12.1 Å². The number of ether oxygens (including phenoxy) is 1. The van der Waals surface area contributed by atoms with E-state index < -0.39 is 0 Å². The maximum absolute atomic E-state index is 13.4. The van der Waals surface area contributed by atoms with Crippen LogP contribution in [0.3, 0.4) is 0 Å². The number of benzene rings is 2. The monoisotopic (exact) mass is 307 g/mol. The minimum atomic E-state index is -0.268. The molecule has 0 bridgehead atoms. The molecule has 112 valence electrons. The summed E-state index contributed by atoms with van der Waals surface area (Å²) >= 11 is 6.17. The van der Waals surface area contributed by atoms with Gasteiger partial charge >= 0.3 is 0 Å². The van der Waals surface area contributed by atoms with Crippen LogP contribution in [0.25, 0.3) is 0 Å². The average Bonchev–Trinajstić information content (AvgIpc) is 2.50. The molecule has 2 rings (SSSR count).